The van der Waals surface area contributed by atoms with Crippen molar-refractivity contribution in [1.29, 1.82) is 0 Å². The second-order valence-corrected chi connectivity index (χ2v) is 7.46. The van der Waals surface area contributed by atoms with E-state index in [-0.39, 0.29) is 11.5 Å². The summed E-state index contributed by atoms with van der Waals surface area (Å²) in [5, 5.41) is 4.76. The Morgan fingerprint density at radius 2 is 2.14 bits per heavy atom. The first-order valence-corrected chi connectivity index (χ1v) is 7.91. The summed E-state index contributed by atoms with van der Waals surface area (Å²) in [5.74, 6) is 0. The molecule has 3 rings (SSSR count). The van der Waals surface area contributed by atoms with Gasteiger partial charge in [-0.15, -0.1) is 0 Å². The second kappa shape index (κ2) is 5.20. The lowest BCUT2D eigenvalue weighted by Crippen LogP contribution is -2.36. The third-order valence-electron chi connectivity index (χ3n) is 4.04. The molecule has 0 spiro atoms. The molecule has 4 nitrogen and oxygen atoms in total. The van der Waals surface area contributed by atoms with E-state index in [1.54, 1.807) is 0 Å². The van der Waals surface area contributed by atoms with Gasteiger partial charge in [-0.1, -0.05) is 11.6 Å². The van der Waals surface area contributed by atoms with E-state index >= 15 is 0 Å². The third kappa shape index (κ3) is 3.07. The fourth-order valence-corrected chi connectivity index (χ4v) is 2.95. The first kappa shape index (κ1) is 15.2. The lowest BCUT2D eigenvalue weighted by Gasteiger charge is -2.21. The molecule has 0 bridgehead atoms. The standard InChI is InChI=1S/C17H21ClN2O2/c1-16(2,3)22-15(21)20-10-17(6-7-17)13-9-19-14-5-4-11(18)8-12(13)14/h4-5,8-9,19H,6-7,10H2,1-3H3,(H,20,21). The zero-order valence-corrected chi connectivity index (χ0v) is 13.9. The molecule has 1 fully saturated rings. The molecule has 22 heavy (non-hydrogen) atoms. The first-order valence-electron chi connectivity index (χ1n) is 7.53. The van der Waals surface area contributed by atoms with Crippen LogP contribution in [0.4, 0.5) is 4.79 Å². The van der Waals surface area contributed by atoms with E-state index < -0.39 is 5.60 Å². The quantitative estimate of drug-likeness (QED) is 0.882. The summed E-state index contributed by atoms with van der Waals surface area (Å²) in [4.78, 5) is 15.1. The van der Waals surface area contributed by atoms with Crippen LogP contribution in [0.25, 0.3) is 10.9 Å². The number of aromatic nitrogens is 1. The van der Waals surface area contributed by atoms with Crippen LogP contribution in [0.2, 0.25) is 5.02 Å². The van der Waals surface area contributed by atoms with Crippen LogP contribution in [0.15, 0.2) is 24.4 Å². The fraction of sp³-hybridized carbons (Fsp3) is 0.471. The highest BCUT2D eigenvalue weighted by molar-refractivity contribution is 6.31. The van der Waals surface area contributed by atoms with Crippen molar-refractivity contribution >= 4 is 28.6 Å². The maximum Gasteiger partial charge on any atom is 0.407 e. The molecule has 1 aromatic heterocycles. The smallest absolute Gasteiger partial charge is 0.407 e. The van der Waals surface area contributed by atoms with E-state index in [4.69, 9.17) is 16.3 Å². The minimum absolute atomic E-state index is 0.000162. The van der Waals surface area contributed by atoms with E-state index in [1.807, 2.05) is 45.2 Å². The van der Waals surface area contributed by atoms with Crippen LogP contribution < -0.4 is 5.32 Å². The van der Waals surface area contributed by atoms with Crippen LogP contribution in [0.5, 0.6) is 0 Å². The van der Waals surface area contributed by atoms with Crippen molar-refractivity contribution in [2.75, 3.05) is 6.54 Å². The number of alkyl carbamates (subject to hydrolysis) is 1. The molecule has 118 valence electrons. The van der Waals surface area contributed by atoms with E-state index in [0.29, 0.717) is 6.54 Å². The van der Waals surface area contributed by atoms with Gasteiger partial charge in [-0.25, -0.2) is 4.79 Å². The summed E-state index contributed by atoms with van der Waals surface area (Å²) in [5.41, 5.74) is 1.82. The normalized spacial score (nSPS) is 16.5. The van der Waals surface area contributed by atoms with Gasteiger partial charge in [-0.3, -0.25) is 0 Å². The van der Waals surface area contributed by atoms with E-state index in [0.717, 1.165) is 28.8 Å². The molecule has 5 heteroatoms. The highest BCUT2D eigenvalue weighted by atomic mass is 35.5. The van der Waals surface area contributed by atoms with Gasteiger partial charge in [0.15, 0.2) is 0 Å². The number of fused-ring (bicyclic) bond motifs is 1. The van der Waals surface area contributed by atoms with Crippen LogP contribution >= 0.6 is 11.6 Å². The first-order chi connectivity index (χ1) is 10.3. The summed E-state index contributed by atoms with van der Waals surface area (Å²) in [6, 6.07) is 5.84. The predicted molar refractivity (Wildman–Crippen MR) is 88.5 cm³/mol. The Bertz CT molecular complexity index is 711. The van der Waals surface area contributed by atoms with Crippen LogP contribution in [-0.2, 0) is 10.2 Å². The summed E-state index contributed by atoms with van der Waals surface area (Å²) in [7, 11) is 0. The molecule has 1 saturated carbocycles. The van der Waals surface area contributed by atoms with Gasteiger partial charge in [-0.2, -0.15) is 0 Å². The summed E-state index contributed by atoms with van der Waals surface area (Å²) < 4.78 is 5.31. The molecule has 0 unspecified atom stereocenters. The van der Waals surface area contributed by atoms with Gasteiger partial charge in [-0.05, 0) is 57.4 Å². The summed E-state index contributed by atoms with van der Waals surface area (Å²) in [6.07, 6.45) is 3.78. The number of H-pyrrole nitrogens is 1. The zero-order chi connectivity index (χ0) is 16.0. The molecular weight excluding hydrogens is 300 g/mol. The van der Waals surface area contributed by atoms with Crippen molar-refractivity contribution in [1.82, 2.24) is 10.3 Å². The van der Waals surface area contributed by atoms with Crippen LogP contribution in [0.1, 0.15) is 39.2 Å². The lowest BCUT2D eigenvalue weighted by molar-refractivity contribution is 0.0522. The SMILES string of the molecule is CC(C)(C)OC(=O)NCC1(c2c[nH]c3ccc(Cl)cc23)CC1. The molecule has 1 heterocycles. The molecule has 1 amide bonds. The molecule has 0 aliphatic heterocycles. The molecular formula is C17H21ClN2O2. The van der Waals surface area contributed by atoms with Crippen molar-refractivity contribution < 1.29 is 9.53 Å². The van der Waals surface area contributed by atoms with Crippen LogP contribution in [0.3, 0.4) is 0 Å². The molecule has 0 atom stereocenters. The van der Waals surface area contributed by atoms with Crippen molar-refractivity contribution in [3.05, 3.63) is 35.0 Å². The Balaban J connectivity index is 1.76. The van der Waals surface area contributed by atoms with Gasteiger partial charge in [0, 0.05) is 34.1 Å². The number of ether oxygens (including phenoxy) is 1. The number of hydrogen-bond acceptors (Lipinski definition) is 2. The van der Waals surface area contributed by atoms with Crippen molar-refractivity contribution in [3.63, 3.8) is 0 Å². The van der Waals surface area contributed by atoms with E-state index in [1.165, 1.54) is 5.56 Å². The average molecular weight is 321 g/mol. The van der Waals surface area contributed by atoms with Crippen molar-refractivity contribution in [2.45, 2.75) is 44.6 Å². The molecule has 1 aliphatic rings. The Morgan fingerprint density at radius 3 is 2.77 bits per heavy atom. The number of amides is 1. The topological polar surface area (TPSA) is 54.1 Å². The minimum atomic E-state index is -0.477. The van der Waals surface area contributed by atoms with Crippen molar-refractivity contribution in [2.24, 2.45) is 0 Å². The molecule has 1 aliphatic carbocycles. The molecule has 2 aromatic rings. The maximum absolute atomic E-state index is 11.9. The highest BCUT2D eigenvalue weighted by Crippen LogP contribution is 2.50. The highest BCUT2D eigenvalue weighted by Gasteiger charge is 2.46. The van der Waals surface area contributed by atoms with Gasteiger partial charge in [0.2, 0.25) is 0 Å². The number of benzene rings is 1. The van der Waals surface area contributed by atoms with Gasteiger partial charge >= 0.3 is 6.09 Å². The van der Waals surface area contributed by atoms with E-state index in [9.17, 15) is 4.79 Å². The van der Waals surface area contributed by atoms with Gasteiger partial charge in [0.25, 0.3) is 0 Å². The lowest BCUT2D eigenvalue weighted by atomic mass is 9.95. The van der Waals surface area contributed by atoms with Gasteiger partial charge in [0.1, 0.15) is 5.60 Å². The molecule has 2 N–H and O–H groups in total. The number of hydrogen-bond donors (Lipinski definition) is 2. The number of aromatic amines is 1. The Labute approximate surface area is 135 Å². The fourth-order valence-electron chi connectivity index (χ4n) is 2.78. The molecule has 1 aromatic carbocycles. The third-order valence-corrected chi connectivity index (χ3v) is 4.27. The number of carbonyl (C=O) groups is 1. The number of carbonyl (C=O) groups excluding carboxylic acids is 1. The summed E-state index contributed by atoms with van der Waals surface area (Å²) in [6.45, 7) is 6.17. The largest absolute Gasteiger partial charge is 0.444 e. The zero-order valence-electron chi connectivity index (χ0n) is 13.1. The Kier molecular flexibility index (Phi) is 3.60. The van der Waals surface area contributed by atoms with Crippen LogP contribution in [-0.4, -0.2) is 23.2 Å². The minimum Gasteiger partial charge on any atom is -0.444 e. The monoisotopic (exact) mass is 320 g/mol. The number of rotatable bonds is 3. The summed E-state index contributed by atoms with van der Waals surface area (Å²) >= 11 is 6.11. The average Bonchev–Trinajstić information content (AvgIpc) is 3.08. The van der Waals surface area contributed by atoms with Crippen LogP contribution in [0, 0.1) is 0 Å². The maximum atomic E-state index is 11.9. The predicted octanol–water partition coefficient (Wildman–Crippen LogP) is 4.38. The molecule has 0 saturated heterocycles. The van der Waals surface area contributed by atoms with Gasteiger partial charge < -0.3 is 15.0 Å². The molecule has 0 radical (unpaired) electrons. The number of halogens is 1. The Morgan fingerprint density at radius 1 is 1.41 bits per heavy atom. The van der Waals surface area contributed by atoms with E-state index in [2.05, 4.69) is 10.3 Å². The Hall–Kier alpha value is -1.68. The van der Waals surface area contributed by atoms with Crippen molar-refractivity contribution in [3.8, 4) is 0 Å². The van der Waals surface area contributed by atoms with Gasteiger partial charge in [0.05, 0.1) is 0 Å². The second-order valence-electron chi connectivity index (χ2n) is 7.03. The number of nitrogens with one attached hydrogen (secondary N) is 2.